The SMILES string of the molecule is CCOc1ccc(/C(O)=C2/C(=O)C(=O)N(CCN(CC)CC)C2c2ccccc2)cc1C(C)C. The molecule has 1 amide bonds. The van der Waals surface area contributed by atoms with Gasteiger partial charge in [-0.05, 0) is 55.3 Å². The Kier molecular flexibility index (Phi) is 8.51. The Morgan fingerprint density at radius 3 is 2.32 bits per heavy atom. The summed E-state index contributed by atoms with van der Waals surface area (Å²) < 4.78 is 5.75. The van der Waals surface area contributed by atoms with Crippen molar-refractivity contribution in [3.05, 3.63) is 70.8 Å². The van der Waals surface area contributed by atoms with Crippen molar-refractivity contribution in [2.45, 2.75) is 46.6 Å². The number of carbonyl (C=O) groups is 2. The summed E-state index contributed by atoms with van der Waals surface area (Å²) in [6.45, 7) is 13.5. The first-order valence-corrected chi connectivity index (χ1v) is 12.2. The van der Waals surface area contributed by atoms with E-state index in [4.69, 9.17) is 4.74 Å². The van der Waals surface area contributed by atoms with E-state index in [-0.39, 0.29) is 17.3 Å². The van der Waals surface area contributed by atoms with Crippen molar-refractivity contribution in [3.63, 3.8) is 0 Å². The molecule has 182 valence electrons. The van der Waals surface area contributed by atoms with Gasteiger partial charge in [-0.2, -0.15) is 0 Å². The molecule has 34 heavy (non-hydrogen) atoms. The molecule has 0 aliphatic carbocycles. The lowest BCUT2D eigenvalue weighted by Crippen LogP contribution is -2.38. The van der Waals surface area contributed by atoms with Crippen molar-refractivity contribution in [1.29, 1.82) is 0 Å². The van der Waals surface area contributed by atoms with Gasteiger partial charge < -0.3 is 19.6 Å². The second-order valence-electron chi connectivity index (χ2n) is 8.77. The Bertz CT molecular complexity index is 1040. The van der Waals surface area contributed by atoms with Gasteiger partial charge in [0.2, 0.25) is 0 Å². The lowest BCUT2D eigenvalue weighted by Gasteiger charge is -2.28. The van der Waals surface area contributed by atoms with Crippen molar-refractivity contribution in [3.8, 4) is 5.75 Å². The van der Waals surface area contributed by atoms with Gasteiger partial charge in [0.15, 0.2) is 0 Å². The van der Waals surface area contributed by atoms with Gasteiger partial charge in [0.1, 0.15) is 11.5 Å². The van der Waals surface area contributed by atoms with Crippen LogP contribution in [0.25, 0.3) is 5.76 Å². The quantitative estimate of drug-likeness (QED) is 0.305. The number of Topliss-reactive ketones (excluding diaryl/α,β-unsaturated/α-hetero) is 1. The molecule has 0 radical (unpaired) electrons. The molecule has 0 bridgehead atoms. The first-order valence-electron chi connectivity index (χ1n) is 12.2. The van der Waals surface area contributed by atoms with Crippen LogP contribution in [-0.2, 0) is 9.59 Å². The summed E-state index contributed by atoms with van der Waals surface area (Å²) in [5.74, 6) is -0.449. The number of hydrogen-bond donors (Lipinski definition) is 1. The van der Waals surface area contributed by atoms with Crippen LogP contribution in [0, 0.1) is 0 Å². The minimum atomic E-state index is -0.647. The van der Waals surface area contributed by atoms with Crippen molar-refractivity contribution in [2.24, 2.45) is 0 Å². The zero-order valence-electron chi connectivity index (χ0n) is 20.9. The summed E-state index contributed by atoms with van der Waals surface area (Å²) in [5.41, 5.74) is 2.39. The monoisotopic (exact) mass is 464 g/mol. The number of likely N-dealkylation sites (tertiary alicyclic amines) is 1. The van der Waals surface area contributed by atoms with E-state index in [9.17, 15) is 14.7 Å². The maximum absolute atomic E-state index is 13.2. The number of ketones is 1. The molecule has 2 aromatic rings. The predicted octanol–water partition coefficient (Wildman–Crippen LogP) is 4.97. The topological polar surface area (TPSA) is 70.1 Å². The molecule has 3 rings (SSSR count). The van der Waals surface area contributed by atoms with Crippen LogP contribution in [0.15, 0.2) is 54.1 Å². The van der Waals surface area contributed by atoms with Gasteiger partial charge in [-0.25, -0.2) is 0 Å². The maximum Gasteiger partial charge on any atom is 0.295 e. The number of likely N-dealkylation sites (N-methyl/N-ethyl adjacent to an activating group) is 1. The fourth-order valence-corrected chi connectivity index (χ4v) is 4.47. The van der Waals surface area contributed by atoms with Gasteiger partial charge >= 0.3 is 0 Å². The lowest BCUT2D eigenvalue weighted by molar-refractivity contribution is -0.140. The smallest absolute Gasteiger partial charge is 0.295 e. The highest BCUT2D eigenvalue weighted by atomic mass is 16.5. The van der Waals surface area contributed by atoms with Crippen LogP contribution >= 0.6 is 0 Å². The molecule has 1 saturated heterocycles. The first-order chi connectivity index (χ1) is 16.3. The fraction of sp³-hybridized carbons (Fsp3) is 0.429. The number of nitrogens with zero attached hydrogens (tertiary/aromatic N) is 2. The van der Waals surface area contributed by atoms with Crippen LogP contribution in [0.5, 0.6) is 5.75 Å². The Balaban J connectivity index is 2.11. The normalized spacial score (nSPS) is 17.7. The lowest BCUT2D eigenvalue weighted by atomic mass is 9.93. The number of aliphatic hydroxyl groups excluding tert-OH is 1. The zero-order chi connectivity index (χ0) is 24.8. The molecule has 6 heteroatoms. The highest BCUT2D eigenvalue weighted by Crippen LogP contribution is 2.40. The van der Waals surface area contributed by atoms with Crippen LogP contribution in [-0.4, -0.2) is 59.4 Å². The third kappa shape index (κ3) is 5.17. The summed E-state index contributed by atoms with van der Waals surface area (Å²) in [6.07, 6.45) is 0. The van der Waals surface area contributed by atoms with E-state index in [0.29, 0.717) is 25.3 Å². The standard InChI is InChI=1S/C28H36N2O4/c1-6-29(7-2)16-17-30-25(20-12-10-9-11-13-20)24(27(32)28(30)33)26(31)21-14-15-23(34-8-3)22(18-21)19(4)5/h9-15,18-19,25,31H,6-8,16-17H2,1-5H3/b26-24-. The molecule has 0 spiro atoms. The minimum absolute atomic E-state index is 0.134. The summed E-state index contributed by atoms with van der Waals surface area (Å²) in [7, 11) is 0. The molecule has 1 aliphatic heterocycles. The Hall–Kier alpha value is -3.12. The van der Waals surface area contributed by atoms with E-state index in [1.165, 1.54) is 0 Å². The summed E-state index contributed by atoms with van der Waals surface area (Å²) in [4.78, 5) is 30.2. The van der Waals surface area contributed by atoms with E-state index in [1.807, 2.05) is 49.4 Å². The molecule has 2 aromatic carbocycles. The molecule has 0 aromatic heterocycles. The summed E-state index contributed by atoms with van der Waals surface area (Å²) in [6, 6.07) is 14.2. The molecule has 0 saturated carbocycles. The fourth-order valence-electron chi connectivity index (χ4n) is 4.47. The number of carbonyl (C=O) groups excluding carboxylic acids is 2. The number of hydrogen-bond acceptors (Lipinski definition) is 5. The average Bonchev–Trinajstić information content (AvgIpc) is 3.10. The van der Waals surface area contributed by atoms with Crippen molar-refractivity contribution in [2.75, 3.05) is 32.8 Å². The minimum Gasteiger partial charge on any atom is -0.507 e. The van der Waals surface area contributed by atoms with Crippen molar-refractivity contribution < 1.29 is 19.4 Å². The van der Waals surface area contributed by atoms with E-state index in [0.717, 1.165) is 30.0 Å². The number of rotatable bonds is 10. The van der Waals surface area contributed by atoms with Crippen LogP contribution in [0.2, 0.25) is 0 Å². The molecule has 1 unspecified atom stereocenters. The van der Waals surface area contributed by atoms with Crippen LogP contribution in [0.1, 0.15) is 63.3 Å². The van der Waals surface area contributed by atoms with Gasteiger partial charge in [0, 0.05) is 18.7 Å². The first kappa shape index (κ1) is 25.5. The van der Waals surface area contributed by atoms with Gasteiger partial charge in [-0.1, -0.05) is 58.0 Å². The number of ether oxygens (including phenoxy) is 1. The molecule has 1 atom stereocenters. The highest BCUT2D eigenvalue weighted by Gasteiger charge is 2.45. The number of benzene rings is 2. The van der Waals surface area contributed by atoms with Crippen molar-refractivity contribution >= 4 is 17.4 Å². The molecule has 1 aliphatic rings. The number of amides is 1. The van der Waals surface area contributed by atoms with Crippen LogP contribution in [0.3, 0.4) is 0 Å². The third-order valence-electron chi connectivity index (χ3n) is 6.41. The van der Waals surface area contributed by atoms with E-state index < -0.39 is 17.7 Å². The average molecular weight is 465 g/mol. The summed E-state index contributed by atoms with van der Waals surface area (Å²) >= 11 is 0. The highest BCUT2D eigenvalue weighted by molar-refractivity contribution is 6.46. The number of aliphatic hydroxyl groups is 1. The molecular formula is C28H36N2O4. The predicted molar refractivity (Wildman–Crippen MR) is 135 cm³/mol. The largest absolute Gasteiger partial charge is 0.507 e. The van der Waals surface area contributed by atoms with E-state index in [1.54, 1.807) is 11.0 Å². The summed E-state index contributed by atoms with van der Waals surface area (Å²) in [5, 5.41) is 11.4. The van der Waals surface area contributed by atoms with Crippen molar-refractivity contribution in [1.82, 2.24) is 9.80 Å². The third-order valence-corrected chi connectivity index (χ3v) is 6.41. The zero-order valence-corrected chi connectivity index (χ0v) is 20.9. The second kappa shape index (κ2) is 11.3. The Labute approximate surface area is 202 Å². The van der Waals surface area contributed by atoms with Gasteiger partial charge in [-0.3, -0.25) is 9.59 Å². The maximum atomic E-state index is 13.2. The Morgan fingerprint density at radius 1 is 1.06 bits per heavy atom. The van der Waals surface area contributed by atoms with E-state index in [2.05, 4.69) is 32.6 Å². The second-order valence-corrected chi connectivity index (χ2v) is 8.77. The van der Waals surface area contributed by atoms with Gasteiger partial charge in [-0.15, -0.1) is 0 Å². The van der Waals surface area contributed by atoms with Crippen LogP contribution in [0.4, 0.5) is 0 Å². The van der Waals surface area contributed by atoms with Crippen LogP contribution < -0.4 is 4.74 Å². The van der Waals surface area contributed by atoms with Gasteiger partial charge in [0.05, 0.1) is 18.2 Å². The van der Waals surface area contributed by atoms with E-state index >= 15 is 0 Å². The molecule has 1 fully saturated rings. The van der Waals surface area contributed by atoms with Gasteiger partial charge in [0.25, 0.3) is 11.7 Å². The molecular weight excluding hydrogens is 428 g/mol. The Morgan fingerprint density at radius 2 is 1.74 bits per heavy atom. The molecule has 6 nitrogen and oxygen atoms in total. The molecule has 1 N–H and O–H groups in total. The molecule has 1 heterocycles.